The van der Waals surface area contributed by atoms with Crippen LogP contribution in [-0.2, 0) is 27.2 Å². The number of rotatable bonds is 9. The van der Waals surface area contributed by atoms with Gasteiger partial charge in [0.15, 0.2) is 0 Å². The quantitative estimate of drug-likeness (QED) is 0.417. The van der Waals surface area contributed by atoms with E-state index in [1.54, 1.807) is 36.4 Å². The molecule has 28 heavy (non-hydrogen) atoms. The summed E-state index contributed by atoms with van der Waals surface area (Å²) in [5, 5.41) is 22.9. The van der Waals surface area contributed by atoms with E-state index in [0.29, 0.717) is 0 Å². The zero-order chi connectivity index (χ0) is 20.5. The zero-order valence-electron chi connectivity index (χ0n) is 15.2. The summed E-state index contributed by atoms with van der Waals surface area (Å²) in [7, 11) is 0. The van der Waals surface area contributed by atoms with E-state index in [1.165, 1.54) is 12.1 Å². The number of hydrogen-bond acceptors (Lipinski definition) is 5. The highest BCUT2D eigenvalue weighted by atomic mass is 16.4. The lowest BCUT2D eigenvalue weighted by molar-refractivity contribution is -0.138. The Hall–Kier alpha value is -3.39. The van der Waals surface area contributed by atoms with Gasteiger partial charge in [-0.05, 0) is 29.7 Å². The maximum Gasteiger partial charge on any atom is 0.322 e. The summed E-state index contributed by atoms with van der Waals surface area (Å²) >= 11 is 0. The third kappa shape index (κ3) is 6.73. The van der Waals surface area contributed by atoms with Crippen LogP contribution >= 0.6 is 0 Å². The fourth-order valence-electron chi connectivity index (χ4n) is 2.60. The molecule has 0 aliphatic heterocycles. The first-order chi connectivity index (χ1) is 13.3. The van der Waals surface area contributed by atoms with Crippen LogP contribution in [0, 0.1) is 0 Å². The number of phenols is 1. The molecule has 0 fully saturated rings. The standard InChI is InChI=1S/C20H23N3O5/c21-16(10-14-6-8-15(24)9-7-14)19(27)23-17(20(28)22-12-18(25)26)11-13-4-2-1-3-5-13/h1-9,16-17,24H,10-12,21H2,(H,22,28)(H,23,27)(H,25,26)/t16-,17-/m0/s1. The van der Waals surface area contributed by atoms with E-state index >= 15 is 0 Å². The number of amides is 2. The molecule has 0 radical (unpaired) electrons. The van der Waals surface area contributed by atoms with Gasteiger partial charge < -0.3 is 26.6 Å². The van der Waals surface area contributed by atoms with Gasteiger partial charge in [-0.15, -0.1) is 0 Å². The Bertz CT molecular complexity index is 808. The molecule has 2 aromatic rings. The van der Waals surface area contributed by atoms with Crippen LogP contribution in [-0.4, -0.2) is 46.6 Å². The van der Waals surface area contributed by atoms with Crippen molar-refractivity contribution in [1.82, 2.24) is 10.6 Å². The molecule has 0 saturated carbocycles. The van der Waals surface area contributed by atoms with Crippen molar-refractivity contribution in [2.75, 3.05) is 6.54 Å². The van der Waals surface area contributed by atoms with E-state index in [0.717, 1.165) is 11.1 Å². The molecular weight excluding hydrogens is 362 g/mol. The summed E-state index contributed by atoms with van der Waals surface area (Å²) in [4.78, 5) is 35.5. The van der Waals surface area contributed by atoms with Gasteiger partial charge in [-0.3, -0.25) is 14.4 Å². The molecule has 8 heteroatoms. The highest BCUT2D eigenvalue weighted by Gasteiger charge is 2.24. The normalized spacial score (nSPS) is 12.6. The van der Waals surface area contributed by atoms with Crippen LogP contribution in [0.15, 0.2) is 54.6 Å². The van der Waals surface area contributed by atoms with E-state index in [9.17, 15) is 19.5 Å². The Kier molecular flexibility index (Phi) is 7.53. The molecule has 0 spiro atoms. The van der Waals surface area contributed by atoms with Crippen molar-refractivity contribution in [3.63, 3.8) is 0 Å². The van der Waals surface area contributed by atoms with Crippen molar-refractivity contribution in [3.05, 3.63) is 65.7 Å². The monoisotopic (exact) mass is 385 g/mol. The highest BCUT2D eigenvalue weighted by molar-refractivity contribution is 5.91. The highest BCUT2D eigenvalue weighted by Crippen LogP contribution is 2.11. The average Bonchev–Trinajstić information content (AvgIpc) is 2.68. The SMILES string of the molecule is N[C@@H](Cc1ccc(O)cc1)C(=O)N[C@@H](Cc1ccccc1)C(=O)NCC(=O)O. The van der Waals surface area contributed by atoms with Gasteiger partial charge in [-0.25, -0.2) is 0 Å². The summed E-state index contributed by atoms with van der Waals surface area (Å²) in [5.41, 5.74) is 7.52. The number of aromatic hydroxyl groups is 1. The summed E-state index contributed by atoms with van der Waals surface area (Å²) in [5.74, 6) is -2.20. The van der Waals surface area contributed by atoms with Gasteiger partial charge in [-0.1, -0.05) is 42.5 Å². The second-order valence-corrected chi connectivity index (χ2v) is 6.34. The molecule has 2 amide bonds. The van der Waals surface area contributed by atoms with Gasteiger partial charge in [0.1, 0.15) is 18.3 Å². The topological polar surface area (TPSA) is 142 Å². The van der Waals surface area contributed by atoms with Crippen LogP contribution < -0.4 is 16.4 Å². The molecule has 0 heterocycles. The molecule has 6 N–H and O–H groups in total. The van der Waals surface area contributed by atoms with Crippen molar-refractivity contribution in [2.45, 2.75) is 24.9 Å². The largest absolute Gasteiger partial charge is 0.508 e. The van der Waals surface area contributed by atoms with Crippen molar-refractivity contribution in [3.8, 4) is 5.75 Å². The first-order valence-electron chi connectivity index (χ1n) is 8.72. The lowest BCUT2D eigenvalue weighted by atomic mass is 10.0. The average molecular weight is 385 g/mol. The van der Waals surface area contributed by atoms with E-state index < -0.39 is 36.4 Å². The molecular formula is C20H23N3O5. The van der Waals surface area contributed by atoms with Gasteiger partial charge >= 0.3 is 5.97 Å². The molecule has 2 atom stereocenters. The molecule has 148 valence electrons. The van der Waals surface area contributed by atoms with Crippen LogP contribution in [0.2, 0.25) is 0 Å². The lowest BCUT2D eigenvalue weighted by Gasteiger charge is -2.20. The van der Waals surface area contributed by atoms with Crippen LogP contribution in [0.25, 0.3) is 0 Å². The van der Waals surface area contributed by atoms with Crippen molar-refractivity contribution in [2.24, 2.45) is 5.73 Å². The number of phenolic OH excluding ortho intramolecular Hbond substituents is 1. The van der Waals surface area contributed by atoms with Gasteiger partial charge in [0.25, 0.3) is 0 Å². The van der Waals surface area contributed by atoms with Crippen LogP contribution in [0.5, 0.6) is 5.75 Å². The Labute approximate surface area is 162 Å². The van der Waals surface area contributed by atoms with Crippen molar-refractivity contribution < 1.29 is 24.6 Å². The Morgan fingerprint density at radius 1 is 0.893 bits per heavy atom. The minimum Gasteiger partial charge on any atom is -0.508 e. The minimum absolute atomic E-state index is 0.111. The summed E-state index contributed by atoms with van der Waals surface area (Å²) in [6, 6.07) is 13.5. The van der Waals surface area contributed by atoms with Gasteiger partial charge in [0.2, 0.25) is 11.8 Å². The van der Waals surface area contributed by atoms with Gasteiger partial charge in [0, 0.05) is 6.42 Å². The second kappa shape index (κ2) is 10.1. The smallest absolute Gasteiger partial charge is 0.322 e. The Morgan fingerprint density at radius 2 is 1.50 bits per heavy atom. The maximum atomic E-state index is 12.5. The summed E-state index contributed by atoms with van der Waals surface area (Å²) < 4.78 is 0. The molecule has 2 rings (SSSR count). The number of benzene rings is 2. The minimum atomic E-state index is -1.18. The fraction of sp³-hybridized carbons (Fsp3) is 0.250. The summed E-state index contributed by atoms with van der Waals surface area (Å²) in [6.07, 6.45) is 0.422. The van der Waals surface area contributed by atoms with Crippen LogP contribution in [0.1, 0.15) is 11.1 Å². The fourth-order valence-corrected chi connectivity index (χ4v) is 2.60. The first-order valence-corrected chi connectivity index (χ1v) is 8.72. The number of aliphatic carboxylic acids is 1. The van der Waals surface area contributed by atoms with Gasteiger partial charge in [0.05, 0.1) is 6.04 Å². The van der Waals surface area contributed by atoms with E-state index in [1.807, 2.05) is 6.07 Å². The Balaban J connectivity index is 2.04. The van der Waals surface area contributed by atoms with E-state index in [-0.39, 0.29) is 18.6 Å². The number of nitrogens with two attached hydrogens (primary N) is 1. The molecule has 0 unspecified atom stereocenters. The molecule has 0 aliphatic carbocycles. The van der Waals surface area contributed by atoms with Crippen LogP contribution in [0.4, 0.5) is 0 Å². The first kappa shape index (κ1) is 20.9. The van der Waals surface area contributed by atoms with E-state index in [2.05, 4.69) is 10.6 Å². The lowest BCUT2D eigenvalue weighted by Crippen LogP contribution is -2.53. The predicted octanol–water partition coefficient (Wildman–Crippen LogP) is 0.190. The van der Waals surface area contributed by atoms with E-state index in [4.69, 9.17) is 10.8 Å². The molecule has 8 nitrogen and oxygen atoms in total. The molecule has 0 saturated heterocycles. The number of hydrogen-bond donors (Lipinski definition) is 5. The third-order valence-corrected chi connectivity index (χ3v) is 4.06. The maximum absolute atomic E-state index is 12.5. The zero-order valence-corrected chi connectivity index (χ0v) is 15.2. The Morgan fingerprint density at radius 3 is 2.11 bits per heavy atom. The van der Waals surface area contributed by atoms with Gasteiger partial charge in [-0.2, -0.15) is 0 Å². The predicted molar refractivity (Wildman–Crippen MR) is 103 cm³/mol. The number of carbonyl (C=O) groups is 3. The number of carbonyl (C=O) groups excluding carboxylic acids is 2. The molecule has 2 aromatic carbocycles. The number of carboxylic acid groups (broad SMARTS) is 1. The third-order valence-electron chi connectivity index (χ3n) is 4.06. The number of carboxylic acids is 1. The summed E-state index contributed by atoms with van der Waals surface area (Å²) in [6.45, 7) is -0.542. The van der Waals surface area contributed by atoms with Crippen molar-refractivity contribution in [1.29, 1.82) is 0 Å². The second-order valence-electron chi connectivity index (χ2n) is 6.34. The van der Waals surface area contributed by atoms with Crippen LogP contribution in [0.3, 0.4) is 0 Å². The molecule has 0 bridgehead atoms. The molecule has 0 aliphatic rings. The number of nitrogens with one attached hydrogen (secondary N) is 2. The molecule has 0 aromatic heterocycles. The van der Waals surface area contributed by atoms with Crippen molar-refractivity contribution >= 4 is 17.8 Å².